The molecule has 1 heterocycles. The molecule has 0 fully saturated rings. The van der Waals surface area contributed by atoms with E-state index in [1.807, 2.05) is 12.1 Å². The Morgan fingerprint density at radius 3 is 2.07 bits per heavy atom. The van der Waals surface area contributed by atoms with Gasteiger partial charge in [-0.25, -0.2) is 0 Å². The van der Waals surface area contributed by atoms with Crippen molar-refractivity contribution in [3.63, 3.8) is 0 Å². The molecule has 0 N–H and O–H groups in total. The van der Waals surface area contributed by atoms with Gasteiger partial charge in [0.2, 0.25) is 0 Å². The van der Waals surface area contributed by atoms with E-state index >= 15 is 0 Å². The minimum atomic E-state index is 0.865. The molecule has 2 nitrogen and oxygen atoms in total. The number of fused-ring (bicyclic) bond motifs is 3. The van der Waals surface area contributed by atoms with E-state index in [0.717, 1.165) is 16.9 Å². The number of ether oxygens (including phenoxy) is 1. The number of hydrogen-bond acceptors (Lipinski definition) is 2. The molecule has 27 heavy (non-hydrogen) atoms. The molecule has 0 amide bonds. The Bertz CT molecular complexity index is 1440. The first kappa shape index (κ1) is 14.6. The van der Waals surface area contributed by atoms with Crippen molar-refractivity contribution in [2.45, 2.75) is 0 Å². The average molecular weight is 348 g/mol. The van der Waals surface area contributed by atoms with Crippen molar-refractivity contribution in [1.82, 2.24) is 0 Å². The molecule has 0 aliphatic carbocycles. The van der Waals surface area contributed by atoms with Crippen LogP contribution in [0.3, 0.4) is 0 Å². The van der Waals surface area contributed by atoms with Crippen LogP contribution in [-0.4, -0.2) is 7.11 Å². The molecular weight excluding hydrogens is 332 g/mol. The smallest absolute Gasteiger partial charge is 0.136 e. The summed E-state index contributed by atoms with van der Waals surface area (Å²) in [6.07, 6.45) is 0. The molecule has 0 atom stereocenters. The summed E-state index contributed by atoms with van der Waals surface area (Å²) in [5.74, 6) is 0.865. The van der Waals surface area contributed by atoms with E-state index in [0.29, 0.717) is 0 Å². The molecule has 5 aromatic carbocycles. The normalized spacial score (nSPS) is 11.9. The lowest BCUT2D eigenvalue weighted by Gasteiger charge is -2.14. The molecule has 0 aliphatic rings. The summed E-state index contributed by atoms with van der Waals surface area (Å²) in [6.45, 7) is 0. The first-order valence-electron chi connectivity index (χ1n) is 9.07. The van der Waals surface area contributed by atoms with Crippen molar-refractivity contribution in [3.8, 4) is 16.9 Å². The van der Waals surface area contributed by atoms with E-state index in [1.54, 1.807) is 7.11 Å². The molecule has 0 aliphatic heterocycles. The molecule has 1 aromatic heterocycles. The maximum absolute atomic E-state index is 6.16. The Kier molecular flexibility index (Phi) is 2.84. The first-order valence-corrected chi connectivity index (χ1v) is 9.07. The van der Waals surface area contributed by atoms with Crippen LogP contribution in [0, 0.1) is 0 Å². The highest BCUT2D eigenvalue weighted by Crippen LogP contribution is 2.46. The second-order valence-corrected chi connectivity index (χ2v) is 6.92. The van der Waals surface area contributed by atoms with Gasteiger partial charge in [-0.05, 0) is 56.9 Å². The van der Waals surface area contributed by atoms with Crippen LogP contribution in [0.1, 0.15) is 0 Å². The highest BCUT2D eigenvalue weighted by atomic mass is 16.5. The Labute approximate surface area is 155 Å². The molecule has 0 radical (unpaired) electrons. The van der Waals surface area contributed by atoms with E-state index in [9.17, 15) is 0 Å². The van der Waals surface area contributed by atoms with Gasteiger partial charge in [-0.2, -0.15) is 0 Å². The SMILES string of the molecule is COc1cc(-c2ccccc2)c2c(c1)c1cccc3oc4cccc2c4c31. The maximum Gasteiger partial charge on any atom is 0.136 e. The summed E-state index contributed by atoms with van der Waals surface area (Å²) in [7, 11) is 1.73. The summed E-state index contributed by atoms with van der Waals surface area (Å²) >= 11 is 0. The van der Waals surface area contributed by atoms with E-state index in [1.165, 1.54) is 43.4 Å². The number of benzene rings is 5. The number of rotatable bonds is 2. The zero-order valence-corrected chi connectivity index (χ0v) is 14.8. The van der Waals surface area contributed by atoms with Crippen LogP contribution in [0.5, 0.6) is 5.75 Å². The summed E-state index contributed by atoms with van der Waals surface area (Å²) in [5, 5.41) is 7.27. The van der Waals surface area contributed by atoms with Gasteiger partial charge in [0.25, 0.3) is 0 Å². The van der Waals surface area contributed by atoms with Crippen LogP contribution in [0.15, 0.2) is 83.3 Å². The van der Waals surface area contributed by atoms with Crippen molar-refractivity contribution in [3.05, 3.63) is 78.9 Å². The molecule has 6 rings (SSSR count). The fourth-order valence-corrected chi connectivity index (χ4v) is 4.38. The van der Waals surface area contributed by atoms with Gasteiger partial charge in [-0.1, -0.05) is 54.6 Å². The van der Waals surface area contributed by atoms with E-state index in [-0.39, 0.29) is 0 Å². The lowest BCUT2D eigenvalue weighted by Crippen LogP contribution is -1.90. The molecule has 0 bridgehead atoms. The second-order valence-electron chi connectivity index (χ2n) is 6.92. The molecule has 128 valence electrons. The topological polar surface area (TPSA) is 22.4 Å². The van der Waals surface area contributed by atoms with Crippen molar-refractivity contribution in [1.29, 1.82) is 0 Å². The standard InChI is InChI=1S/C25H16O2/c1-26-16-13-19(15-7-3-2-4-8-15)23-18-10-6-12-22-25(18)24-17(20(23)14-16)9-5-11-21(24)27-22/h2-14H,1H3. The molecule has 0 spiro atoms. The summed E-state index contributed by atoms with van der Waals surface area (Å²) in [5.41, 5.74) is 4.24. The predicted molar refractivity (Wildman–Crippen MR) is 112 cm³/mol. The fourth-order valence-electron chi connectivity index (χ4n) is 4.38. The number of methoxy groups -OCH3 is 1. The van der Waals surface area contributed by atoms with Crippen LogP contribution in [-0.2, 0) is 0 Å². The lowest BCUT2D eigenvalue weighted by atomic mass is 9.89. The molecule has 2 heteroatoms. The predicted octanol–water partition coefficient (Wildman–Crippen LogP) is 7.01. The monoisotopic (exact) mass is 348 g/mol. The van der Waals surface area contributed by atoms with Crippen molar-refractivity contribution in [2.24, 2.45) is 0 Å². The summed E-state index contributed by atoms with van der Waals surface area (Å²) in [6, 6.07) is 27.4. The first-order chi connectivity index (χ1) is 13.3. The fraction of sp³-hybridized carbons (Fsp3) is 0.0400. The Balaban J connectivity index is 1.96. The third-order valence-electron chi connectivity index (χ3n) is 5.51. The number of furan rings is 1. The van der Waals surface area contributed by atoms with E-state index in [4.69, 9.17) is 9.15 Å². The van der Waals surface area contributed by atoms with E-state index in [2.05, 4.69) is 66.7 Å². The Morgan fingerprint density at radius 1 is 0.630 bits per heavy atom. The minimum absolute atomic E-state index is 0.865. The van der Waals surface area contributed by atoms with Gasteiger partial charge in [0.05, 0.1) is 7.11 Å². The summed E-state index contributed by atoms with van der Waals surface area (Å²) in [4.78, 5) is 0. The molecule has 0 saturated heterocycles. The van der Waals surface area contributed by atoms with Gasteiger partial charge in [-0.15, -0.1) is 0 Å². The van der Waals surface area contributed by atoms with Gasteiger partial charge >= 0.3 is 0 Å². The van der Waals surface area contributed by atoms with Crippen molar-refractivity contribution < 1.29 is 9.15 Å². The lowest BCUT2D eigenvalue weighted by molar-refractivity contribution is 0.415. The second kappa shape index (κ2) is 5.24. The highest BCUT2D eigenvalue weighted by Gasteiger charge is 2.19. The Hall–Kier alpha value is -3.52. The van der Waals surface area contributed by atoms with Crippen LogP contribution in [0.2, 0.25) is 0 Å². The quantitative estimate of drug-likeness (QED) is 0.314. The van der Waals surface area contributed by atoms with Crippen LogP contribution >= 0.6 is 0 Å². The number of hydrogen-bond donors (Lipinski definition) is 0. The molecular formula is C25H16O2. The van der Waals surface area contributed by atoms with Gasteiger partial charge < -0.3 is 9.15 Å². The van der Waals surface area contributed by atoms with Crippen LogP contribution in [0.25, 0.3) is 54.6 Å². The van der Waals surface area contributed by atoms with Gasteiger partial charge in [0.15, 0.2) is 0 Å². The summed E-state index contributed by atoms with van der Waals surface area (Å²) < 4.78 is 11.8. The molecule has 6 aromatic rings. The minimum Gasteiger partial charge on any atom is -0.497 e. The van der Waals surface area contributed by atoms with Crippen LogP contribution in [0.4, 0.5) is 0 Å². The Morgan fingerprint density at radius 2 is 1.33 bits per heavy atom. The van der Waals surface area contributed by atoms with Crippen molar-refractivity contribution >= 4 is 43.5 Å². The van der Waals surface area contributed by atoms with E-state index < -0.39 is 0 Å². The zero-order valence-electron chi connectivity index (χ0n) is 14.8. The van der Waals surface area contributed by atoms with Gasteiger partial charge in [0.1, 0.15) is 16.9 Å². The third-order valence-corrected chi connectivity index (χ3v) is 5.51. The van der Waals surface area contributed by atoms with Gasteiger partial charge in [-0.3, -0.25) is 0 Å². The largest absolute Gasteiger partial charge is 0.497 e. The zero-order chi connectivity index (χ0) is 18.0. The molecule has 0 saturated carbocycles. The van der Waals surface area contributed by atoms with Crippen molar-refractivity contribution in [2.75, 3.05) is 7.11 Å². The average Bonchev–Trinajstić information content (AvgIpc) is 3.12. The highest BCUT2D eigenvalue weighted by molar-refractivity contribution is 6.35. The van der Waals surface area contributed by atoms with Crippen LogP contribution < -0.4 is 4.74 Å². The third kappa shape index (κ3) is 1.90. The maximum atomic E-state index is 6.16. The molecule has 0 unspecified atom stereocenters. The van der Waals surface area contributed by atoms with Gasteiger partial charge in [0, 0.05) is 10.8 Å².